The van der Waals surface area contributed by atoms with Crippen LogP contribution < -0.4 is 11.1 Å². The molecule has 0 radical (unpaired) electrons. The molecule has 0 aromatic heterocycles. The quantitative estimate of drug-likeness (QED) is 0.666. The number of hydrogen-bond acceptors (Lipinski definition) is 3. The minimum absolute atomic E-state index is 0.0970. The largest absolute Gasteiger partial charge is 0.391 e. The van der Waals surface area contributed by atoms with Crippen LogP contribution in [0.1, 0.15) is 51.4 Å². The Kier molecular flexibility index (Phi) is 5.01. The molecule has 4 N–H and O–H groups in total. The molecule has 18 heavy (non-hydrogen) atoms. The van der Waals surface area contributed by atoms with Crippen LogP contribution in [-0.2, 0) is 4.79 Å². The number of hydrogen-bond donors (Lipinski definition) is 3. The molecule has 0 aromatic carbocycles. The molecule has 2 unspecified atom stereocenters. The Hall–Kier alpha value is -0.610. The Morgan fingerprint density at radius 3 is 2.50 bits per heavy atom. The first-order valence-electron chi connectivity index (χ1n) is 7.38. The van der Waals surface area contributed by atoms with Crippen LogP contribution in [0.3, 0.4) is 0 Å². The van der Waals surface area contributed by atoms with E-state index in [1.807, 2.05) is 0 Å². The zero-order valence-corrected chi connectivity index (χ0v) is 11.1. The third kappa shape index (κ3) is 4.25. The standard InChI is InChI=1S/C14H26N2O2/c15-12(8-10-4-2-1-3-5-10)14(18)16-9-13(17)11-6-7-11/h10-13,17H,1-9,15H2,(H,16,18). The van der Waals surface area contributed by atoms with Crippen molar-refractivity contribution >= 4 is 5.91 Å². The Labute approximate surface area is 109 Å². The van der Waals surface area contributed by atoms with Crippen molar-refractivity contribution < 1.29 is 9.90 Å². The fourth-order valence-electron chi connectivity index (χ4n) is 2.87. The maximum atomic E-state index is 11.8. The van der Waals surface area contributed by atoms with E-state index >= 15 is 0 Å². The van der Waals surface area contributed by atoms with Gasteiger partial charge in [0.25, 0.3) is 0 Å². The first-order chi connectivity index (χ1) is 8.66. The van der Waals surface area contributed by atoms with Gasteiger partial charge in [-0.15, -0.1) is 0 Å². The number of nitrogens with two attached hydrogens (primary N) is 1. The highest BCUT2D eigenvalue weighted by Gasteiger charge is 2.30. The lowest BCUT2D eigenvalue weighted by Gasteiger charge is -2.24. The smallest absolute Gasteiger partial charge is 0.237 e. The highest BCUT2D eigenvalue weighted by molar-refractivity contribution is 5.81. The first kappa shape index (κ1) is 13.8. The average molecular weight is 254 g/mol. The fraction of sp³-hybridized carbons (Fsp3) is 0.929. The van der Waals surface area contributed by atoms with Gasteiger partial charge in [-0.05, 0) is 31.1 Å². The molecule has 2 aliphatic carbocycles. The molecule has 0 saturated heterocycles. The molecule has 0 heterocycles. The van der Waals surface area contributed by atoms with Gasteiger partial charge in [-0.25, -0.2) is 0 Å². The van der Waals surface area contributed by atoms with Gasteiger partial charge in [-0.3, -0.25) is 4.79 Å². The molecule has 0 bridgehead atoms. The van der Waals surface area contributed by atoms with Gasteiger partial charge in [0.15, 0.2) is 0 Å². The van der Waals surface area contributed by atoms with Gasteiger partial charge in [0.2, 0.25) is 5.91 Å². The zero-order chi connectivity index (χ0) is 13.0. The maximum absolute atomic E-state index is 11.8. The SMILES string of the molecule is NC(CC1CCCCC1)C(=O)NCC(O)C1CC1. The first-order valence-corrected chi connectivity index (χ1v) is 7.38. The molecule has 0 aliphatic heterocycles. The molecular formula is C14H26N2O2. The van der Waals surface area contributed by atoms with Gasteiger partial charge < -0.3 is 16.2 Å². The summed E-state index contributed by atoms with van der Waals surface area (Å²) < 4.78 is 0. The molecule has 2 aliphatic rings. The summed E-state index contributed by atoms with van der Waals surface area (Å²) in [6.45, 7) is 0.363. The molecule has 2 fully saturated rings. The van der Waals surface area contributed by atoms with E-state index in [1.54, 1.807) is 0 Å². The summed E-state index contributed by atoms with van der Waals surface area (Å²) in [5.41, 5.74) is 5.93. The van der Waals surface area contributed by atoms with Crippen LogP contribution in [0.15, 0.2) is 0 Å². The summed E-state index contributed by atoms with van der Waals surface area (Å²) in [4.78, 5) is 11.8. The summed E-state index contributed by atoms with van der Waals surface area (Å²) in [7, 11) is 0. The highest BCUT2D eigenvalue weighted by Crippen LogP contribution is 2.32. The summed E-state index contributed by atoms with van der Waals surface area (Å²) in [6.07, 6.45) is 8.90. The van der Waals surface area contributed by atoms with Crippen molar-refractivity contribution in [2.75, 3.05) is 6.54 Å². The van der Waals surface area contributed by atoms with Gasteiger partial charge >= 0.3 is 0 Å². The second-order valence-corrected chi connectivity index (χ2v) is 6.00. The molecule has 2 rings (SSSR count). The number of aliphatic hydroxyl groups is 1. The normalized spacial score (nSPS) is 24.6. The predicted octanol–water partition coefficient (Wildman–Crippen LogP) is 1.17. The summed E-state index contributed by atoms with van der Waals surface area (Å²) in [5.74, 6) is 0.924. The molecule has 0 aromatic rings. The number of rotatable bonds is 6. The van der Waals surface area contributed by atoms with Gasteiger partial charge in [0.05, 0.1) is 12.1 Å². The summed E-state index contributed by atoms with van der Waals surface area (Å²) in [6, 6.07) is -0.403. The van der Waals surface area contributed by atoms with E-state index in [0.29, 0.717) is 18.4 Å². The molecular weight excluding hydrogens is 228 g/mol. The van der Waals surface area contributed by atoms with Crippen LogP contribution in [-0.4, -0.2) is 29.7 Å². The van der Waals surface area contributed by atoms with Crippen LogP contribution in [0.5, 0.6) is 0 Å². The monoisotopic (exact) mass is 254 g/mol. The number of carbonyl (C=O) groups excluding carboxylic acids is 1. The van der Waals surface area contributed by atoms with Crippen molar-refractivity contribution in [3.63, 3.8) is 0 Å². The second-order valence-electron chi connectivity index (χ2n) is 6.00. The lowest BCUT2D eigenvalue weighted by molar-refractivity contribution is -0.123. The van der Waals surface area contributed by atoms with Crippen LogP contribution in [0, 0.1) is 11.8 Å². The van der Waals surface area contributed by atoms with E-state index < -0.39 is 6.04 Å². The van der Waals surface area contributed by atoms with Gasteiger partial charge in [-0.1, -0.05) is 32.1 Å². The molecule has 2 saturated carbocycles. The third-order valence-corrected chi connectivity index (χ3v) is 4.30. The highest BCUT2D eigenvalue weighted by atomic mass is 16.3. The number of nitrogens with one attached hydrogen (secondary N) is 1. The summed E-state index contributed by atoms with van der Waals surface area (Å²) in [5, 5.41) is 12.5. The van der Waals surface area contributed by atoms with E-state index in [4.69, 9.17) is 5.73 Å². The molecule has 0 spiro atoms. The van der Waals surface area contributed by atoms with Gasteiger partial charge in [0.1, 0.15) is 0 Å². The minimum atomic E-state index is -0.403. The third-order valence-electron chi connectivity index (χ3n) is 4.30. The van der Waals surface area contributed by atoms with Crippen molar-refractivity contribution in [1.82, 2.24) is 5.32 Å². The average Bonchev–Trinajstić information content (AvgIpc) is 3.21. The number of carbonyl (C=O) groups is 1. The summed E-state index contributed by atoms with van der Waals surface area (Å²) >= 11 is 0. The number of aliphatic hydroxyl groups excluding tert-OH is 1. The van der Waals surface area contributed by atoms with Crippen LogP contribution in [0.4, 0.5) is 0 Å². The fourth-order valence-corrected chi connectivity index (χ4v) is 2.87. The van der Waals surface area contributed by atoms with Crippen molar-refractivity contribution in [3.05, 3.63) is 0 Å². The lowest BCUT2D eigenvalue weighted by atomic mass is 9.85. The Morgan fingerprint density at radius 1 is 1.22 bits per heavy atom. The van der Waals surface area contributed by atoms with Crippen molar-refractivity contribution in [2.45, 2.75) is 63.5 Å². The molecule has 4 heteroatoms. The topological polar surface area (TPSA) is 75.4 Å². The van der Waals surface area contributed by atoms with E-state index in [2.05, 4.69) is 5.32 Å². The van der Waals surface area contributed by atoms with Crippen LogP contribution >= 0.6 is 0 Å². The van der Waals surface area contributed by atoms with Gasteiger partial charge in [0, 0.05) is 6.54 Å². The molecule has 4 nitrogen and oxygen atoms in total. The minimum Gasteiger partial charge on any atom is -0.391 e. The predicted molar refractivity (Wildman–Crippen MR) is 70.9 cm³/mol. The Balaban J connectivity index is 1.63. The molecule has 1 amide bonds. The lowest BCUT2D eigenvalue weighted by Crippen LogP contribution is -2.44. The van der Waals surface area contributed by atoms with E-state index in [1.165, 1.54) is 32.1 Å². The number of amides is 1. The van der Waals surface area contributed by atoms with Gasteiger partial charge in [-0.2, -0.15) is 0 Å². The van der Waals surface area contributed by atoms with E-state index in [9.17, 15) is 9.90 Å². The Morgan fingerprint density at radius 2 is 1.89 bits per heavy atom. The molecule has 2 atom stereocenters. The Bertz CT molecular complexity index is 273. The van der Waals surface area contributed by atoms with Crippen LogP contribution in [0.25, 0.3) is 0 Å². The van der Waals surface area contributed by atoms with E-state index in [-0.39, 0.29) is 12.0 Å². The maximum Gasteiger partial charge on any atom is 0.237 e. The van der Waals surface area contributed by atoms with Crippen molar-refractivity contribution in [2.24, 2.45) is 17.6 Å². The second kappa shape index (κ2) is 6.53. The van der Waals surface area contributed by atoms with Crippen molar-refractivity contribution in [1.29, 1.82) is 0 Å². The van der Waals surface area contributed by atoms with Crippen molar-refractivity contribution in [3.8, 4) is 0 Å². The zero-order valence-electron chi connectivity index (χ0n) is 11.1. The van der Waals surface area contributed by atoms with Crippen LogP contribution in [0.2, 0.25) is 0 Å². The van der Waals surface area contributed by atoms with E-state index in [0.717, 1.165) is 19.3 Å². The molecule has 104 valence electrons.